The van der Waals surface area contributed by atoms with Crippen molar-refractivity contribution < 1.29 is 27.5 Å². The number of carbonyl (C=O) groups is 2. The highest BCUT2D eigenvalue weighted by molar-refractivity contribution is 7.92. The van der Waals surface area contributed by atoms with E-state index in [-0.39, 0.29) is 28.8 Å². The highest BCUT2D eigenvalue weighted by atomic mass is 32.2. The SMILES string of the molecule is CCNC(=O)C(C)N(CCc1ccccc1)C(=O)CN(c1cc(OC)ccc1OC)S(=O)(=O)c1ccccc1. The highest BCUT2D eigenvalue weighted by Gasteiger charge is 2.33. The number of likely N-dealkylation sites (N-methyl/N-ethyl adjacent to an activating group) is 1. The summed E-state index contributed by atoms with van der Waals surface area (Å²) in [6.07, 6.45) is 0.490. The summed E-state index contributed by atoms with van der Waals surface area (Å²) in [5.74, 6) is -0.219. The van der Waals surface area contributed by atoms with E-state index in [0.29, 0.717) is 18.7 Å². The average molecular weight is 554 g/mol. The minimum absolute atomic E-state index is 0.00952. The number of sulfonamides is 1. The molecule has 0 aliphatic heterocycles. The molecule has 2 amide bonds. The Morgan fingerprint density at radius 1 is 0.923 bits per heavy atom. The van der Waals surface area contributed by atoms with Gasteiger partial charge >= 0.3 is 0 Å². The summed E-state index contributed by atoms with van der Waals surface area (Å²) < 4.78 is 39.7. The Kier molecular flexibility index (Phi) is 10.3. The van der Waals surface area contributed by atoms with Gasteiger partial charge in [0.2, 0.25) is 11.8 Å². The molecule has 0 fully saturated rings. The first kappa shape index (κ1) is 29.5. The van der Waals surface area contributed by atoms with E-state index < -0.39 is 28.5 Å². The maximum Gasteiger partial charge on any atom is 0.264 e. The Hall–Kier alpha value is -4.05. The van der Waals surface area contributed by atoms with Crippen LogP contribution < -0.4 is 19.1 Å². The molecular weight excluding hydrogens is 518 g/mol. The van der Waals surface area contributed by atoms with Crippen LogP contribution in [0.3, 0.4) is 0 Å². The number of amides is 2. The van der Waals surface area contributed by atoms with Crippen molar-refractivity contribution in [3.63, 3.8) is 0 Å². The first-order valence-corrected chi connectivity index (χ1v) is 14.1. The molecule has 0 saturated heterocycles. The van der Waals surface area contributed by atoms with Crippen LogP contribution in [0.2, 0.25) is 0 Å². The molecule has 1 atom stereocenters. The minimum Gasteiger partial charge on any atom is -0.497 e. The van der Waals surface area contributed by atoms with Crippen molar-refractivity contribution in [2.75, 3.05) is 38.2 Å². The maximum absolute atomic E-state index is 13.9. The molecule has 1 N–H and O–H groups in total. The summed E-state index contributed by atoms with van der Waals surface area (Å²) in [6, 6.07) is 21.3. The van der Waals surface area contributed by atoms with Crippen molar-refractivity contribution in [1.82, 2.24) is 10.2 Å². The molecule has 0 spiro atoms. The summed E-state index contributed by atoms with van der Waals surface area (Å²) in [5.41, 5.74) is 1.13. The van der Waals surface area contributed by atoms with Gasteiger partial charge in [-0.25, -0.2) is 8.42 Å². The molecule has 10 heteroatoms. The fraction of sp³-hybridized carbons (Fsp3) is 0.310. The molecule has 1 unspecified atom stereocenters. The van der Waals surface area contributed by atoms with Crippen LogP contribution in [0.5, 0.6) is 11.5 Å². The number of rotatable bonds is 13. The van der Waals surface area contributed by atoms with Crippen LogP contribution in [0.1, 0.15) is 19.4 Å². The monoisotopic (exact) mass is 553 g/mol. The van der Waals surface area contributed by atoms with Crippen molar-refractivity contribution in [2.45, 2.75) is 31.2 Å². The first-order chi connectivity index (χ1) is 18.7. The number of benzene rings is 3. The van der Waals surface area contributed by atoms with Crippen molar-refractivity contribution in [3.05, 3.63) is 84.4 Å². The van der Waals surface area contributed by atoms with Gasteiger partial charge in [-0.15, -0.1) is 0 Å². The molecule has 0 aliphatic rings. The molecule has 3 aromatic rings. The van der Waals surface area contributed by atoms with Crippen molar-refractivity contribution in [3.8, 4) is 11.5 Å². The molecule has 208 valence electrons. The van der Waals surface area contributed by atoms with Gasteiger partial charge in [0.05, 0.1) is 24.8 Å². The first-order valence-electron chi connectivity index (χ1n) is 12.6. The predicted molar refractivity (Wildman–Crippen MR) is 151 cm³/mol. The Morgan fingerprint density at radius 2 is 1.56 bits per heavy atom. The highest BCUT2D eigenvalue weighted by Crippen LogP contribution is 2.35. The molecular formula is C29H35N3O6S. The van der Waals surface area contributed by atoms with E-state index in [1.807, 2.05) is 30.3 Å². The van der Waals surface area contributed by atoms with E-state index in [0.717, 1.165) is 9.87 Å². The Morgan fingerprint density at radius 3 is 2.15 bits per heavy atom. The third kappa shape index (κ3) is 7.29. The van der Waals surface area contributed by atoms with Gasteiger partial charge < -0.3 is 19.7 Å². The van der Waals surface area contributed by atoms with E-state index in [1.54, 1.807) is 44.2 Å². The molecule has 0 bridgehead atoms. The van der Waals surface area contributed by atoms with Gasteiger partial charge in [0, 0.05) is 19.2 Å². The number of hydrogen-bond acceptors (Lipinski definition) is 6. The second-order valence-corrected chi connectivity index (χ2v) is 10.6. The zero-order valence-corrected chi connectivity index (χ0v) is 23.5. The Balaban J connectivity index is 2.05. The number of nitrogens with zero attached hydrogens (tertiary/aromatic N) is 2. The molecule has 3 aromatic carbocycles. The third-order valence-electron chi connectivity index (χ3n) is 6.27. The topological polar surface area (TPSA) is 105 Å². The summed E-state index contributed by atoms with van der Waals surface area (Å²) in [7, 11) is -1.33. The smallest absolute Gasteiger partial charge is 0.264 e. The van der Waals surface area contributed by atoms with Crippen LogP contribution >= 0.6 is 0 Å². The van der Waals surface area contributed by atoms with Crippen LogP contribution in [0.25, 0.3) is 0 Å². The molecule has 0 heterocycles. The maximum atomic E-state index is 13.9. The Bertz CT molecular complexity index is 1350. The summed E-state index contributed by atoms with van der Waals surface area (Å²) in [5, 5.41) is 2.75. The number of carbonyl (C=O) groups excluding carboxylic acids is 2. The van der Waals surface area contributed by atoms with E-state index in [9.17, 15) is 18.0 Å². The number of anilines is 1. The number of methoxy groups -OCH3 is 2. The lowest BCUT2D eigenvalue weighted by Crippen LogP contribution is -2.52. The van der Waals surface area contributed by atoms with Crippen molar-refractivity contribution >= 4 is 27.5 Å². The summed E-state index contributed by atoms with van der Waals surface area (Å²) >= 11 is 0. The standard InChI is InChI=1S/C29H35N3O6S/c1-5-30-29(34)22(2)31(19-18-23-12-8-6-9-13-23)28(33)21-32(39(35,36)25-14-10-7-11-15-25)26-20-24(37-3)16-17-27(26)38-4/h6-17,20,22H,5,18-19,21H2,1-4H3,(H,30,34). The van der Waals surface area contributed by atoms with Gasteiger partial charge in [0.1, 0.15) is 24.1 Å². The fourth-order valence-electron chi connectivity index (χ4n) is 4.12. The van der Waals surface area contributed by atoms with Gasteiger partial charge in [-0.05, 0) is 50.1 Å². The largest absolute Gasteiger partial charge is 0.497 e. The van der Waals surface area contributed by atoms with Gasteiger partial charge in [-0.3, -0.25) is 13.9 Å². The van der Waals surface area contributed by atoms with Gasteiger partial charge in [0.25, 0.3) is 10.0 Å². The molecule has 39 heavy (non-hydrogen) atoms. The summed E-state index contributed by atoms with van der Waals surface area (Å²) in [6.45, 7) is 3.49. The van der Waals surface area contributed by atoms with Crippen LogP contribution in [0, 0.1) is 0 Å². The van der Waals surface area contributed by atoms with E-state index in [2.05, 4.69) is 5.32 Å². The lowest BCUT2D eigenvalue weighted by Gasteiger charge is -2.32. The van der Waals surface area contributed by atoms with Crippen molar-refractivity contribution in [1.29, 1.82) is 0 Å². The van der Waals surface area contributed by atoms with Crippen LogP contribution in [0.15, 0.2) is 83.8 Å². The lowest BCUT2D eigenvalue weighted by atomic mass is 10.1. The van der Waals surface area contributed by atoms with Gasteiger partial charge in [-0.1, -0.05) is 48.5 Å². The molecule has 9 nitrogen and oxygen atoms in total. The number of nitrogens with one attached hydrogen (secondary N) is 1. The zero-order valence-electron chi connectivity index (χ0n) is 22.7. The molecule has 0 radical (unpaired) electrons. The molecule has 0 aliphatic carbocycles. The molecule has 0 saturated carbocycles. The normalized spacial score (nSPS) is 11.8. The quantitative estimate of drug-likeness (QED) is 0.347. The van der Waals surface area contributed by atoms with Crippen LogP contribution in [-0.2, 0) is 26.0 Å². The Labute approximate surface area is 230 Å². The second-order valence-electron chi connectivity index (χ2n) is 8.76. The lowest BCUT2D eigenvalue weighted by molar-refractivity contribution is -0.138. The number of hydrogen-bond donors (Lipinski definition) is 1. The average Bonchev–Trinajstić information content (AvgIpc) is 2.96. The number of ether oxygens (including phenoxy) is 2. The van der Waals surface area contributed by atoms with E-state index in [4.69, 9.17) is 9.47 Å². The predicted octanol–water partition coefficient (Wildman–Crippen LogP) is 3.50. The van der Waals surface area contributed by atoms with Crippen LogP contribution in [0.4, 0.5) is 5.69 Å². The van der Waals surface area contributed by atoms with Gasteiger partial charge in [-0.2, -0.15) is 0 Å². The molecule has 0 aromatic heterocycles. The fourth-order valence-corrected chi connectivity index (χ4v) is 5.55. The third-order valence-corrected chi connectivity index (χ3v) is 8.04. The van der Waals surface area contributed by atoms with Crippen molar-refractivity contribution in [2.24, 2.45) is 0 Å². The summed E-state index contributed by atoms with van der Waals surface area (Å²) in [4.78, 5) is 28.1. The van der Waals surface area contributed by atoms with Gasteiger partial charge in [0.15, 0.2) is 0 Å². The minimum atomic E-state index is -4.21. The van der Waals surface area contributed by atoms with E-state index in [1.165, 1.54) is 37.3 Å². The second kappa shape index (κ2) is 13.7. The van der Waals surface area contributed by atoms with E-state index >= 15 is 0 Å². The molecule has 3 rings (SSSR count). The van der Waals surface area contributed by atoms with Crippen LogP contribution in [-0.4, -0.2) is 65.0 Å². The zero-order chi connectivity index (χ0) is 28.4.